The molecule has 2 aromatic heterocycles. The van der Waals surface area contributed by atoms with E-state index in [1.54, 1.807) is 32.5 Å². The molecule has 0 aliphatic heterocycles. The predicted octanol–water partition coefficient (Wildman–Crippen LogP) is 3.78. The van der Waals surface area contributed by atoms with Crippen molar-refractivity contribution in [1.29, 1.82) is 0 Å². The summed E-state index contributed by atoms with van der Waals surface area (Å²) in [6, 6.07) is 8.71. The Morgan fingerprint density at radius 3 is 2.42 bits per heavy atom. The number of rotatable bonds is 6. The van der Waals surface area contributed by atoms with E-state index in [4.69, 9.17) is 9.47 Å². The van der Waals surface area contributed by atoms with Crippen LogP contribution in [-0.4, -0.2) is 29.7 Å². The second kappa shape index (κ2) is 7.92. The zero-order chi connectivity index (χ0) is 18.7. The van der Waals surface area contributed by atoms with Crippen LogP contribution in [0.5, 0.6) is 11.5 Å². The number of hydrogen-bond donors (Lipinski definition) is 1. The first-order valence-electron chi connectivity index (χ1n) is 7.78. The Hall–Kier alpha value is -2.32. The van der Waals surface area contributed by atoms with Crippen LogP contribution in [-0.2, 0) is 7.05 Å². The molecule has 8 heteroatoms. The number of methoxy groups -OCH3 is 2. The van der Waals surface area contributed by atoms with E-state index < -0.39 is 6.04 Å². The smallest absolute Gasteiger partial charge is 0.262 e. The van der Waals surface area contributed by atoms with E-state index in [2.05, 4.69) is 26.2 Å². The average molecular weight is 436 g/mol. The minimum absolute atomic E-state index is 0.171. The number of imidazole rings is 1. The fourth-order valence-electron chi connectivity index (χ4n) is 2.59. The topological polar surface area (TPSA) is 65.4 Å². The standard InChI is InChI=1S/C18H18BrN3O3S/c1-22-7-6-20-17(22)16(21-18(23)14-4-5-15(19)26-14)11-8-12(24-2)10-13(9-11)25-3/h4-10,16H,1-3H3,(H,21,23). The molecule has 26 heavy (non-hydrogen) atoms. The van der Waals surface area contributed by atoms with Gasteiger partial charge in [-0.2, -0.15) is 0 Å². The minimum Gasteiger partial charge on any atom is -0.497 e. The van der Waals surface area contributed by atoms with Gasteiger partial charge in [0, 0.05) is 25.5 Å². The molecule has 0 fully saturated rings. The Kier molecular flexibility index (Phi) is 5.63. The highest BCUT2D eigenvalue weighted by molar-refractivity contribution is 9.11. The van der Waals surface area contributed by atoms with Gasteiger partial charge < -0.3 is 19.4 Å². The molecular weight excluding hydrogens is 418 g/mol. The van der Waals surface area contributed by atoms with Gasteiger partial charge in [-0.3, -0.25) is 4.79 Å². The highest BCUT2D eigenvalue weighted by Gasteiger charge is 2.23. The van der Waals surface area contributed by atoms with Gasteiger partial charge in [0.05, 0.1) is 22.9 Å². The molecule has 0 bridgehead atoms. The van der Waals surface area contributed by atoms with Gasteiger partial charge in [0.15, 0.2) is 0 Å². The molecule has 1 aromatic carbocycles. The molecule has 0 radical (unpaired) electrons. The zero-order valence-corrected chi connectivity index (χ0v) is 16.9. The van der Waals surface area contributed by atoms with Crippen molar-refractivity contribution in [2.45, 2.75) is 6.04 Å². The van der Waals surface area contributed by atoms with Crippen molar-refractivity contribution in [2.24, 2.45) is 7.05 Å². The summed E-state index contributed by atoms with van der Waals surface area (Å²) < 4.78 is 13.5. The number of hydrogen-bond acceptors (Lipinski definition) is 5. The van der Waals surface area contributed by atoms with Crippen LogP contribution in [0.15, 0.2) is 46.5 Å². The second-order valence-electron chi connectivity index (χ2n) is 5.55. The number of nitrogens with one attached hydrogen (secondary N) is 1. The summed E-state index contributed by atoms with van der Waals surface area (Å²) in [5, 5.41) is 3.06. The van der Waals surface area contributed by atoms with Gasteiger partial charge in [-0.25, -0.2) is 4.98 Å². The van der Waals surface area contributed by atoms with E-state index in [0.717, 1.165) is 9.35 Å². The maximum atomic E-state index is 12.7. The van der Waals surface area contributed by atoms with E-state index in [-0.39, 0.29) is 5.91 Å². The molecule has 3 aromatic rings. The third-order valence-electron chi connectivity index (χ3n) is 3.90. The van der Waals surface area contributed by atoms with Crippen LogP contribution >= 0.6 is 27.3 Å². The molecule has 1 amide bonds. The Morgan fingerprint density at radius 2 is 1.92 bits per heavy atom. The number of aromatic nitrogens is 2. The summed E-state index contributed by atoms with van der Waals surface area (Å²) in [4.78, 5) is 17.8. The van der Waals surface area contributed by atoms with Crippen LogP contribution in [0.3, 0.4) is 0 Å². The largest absolute Gasteiger partial charge is 0.497 e. The lowest BCUT2D eigenvalue weighted by molar-refractivity contribution is 0.0945. The van der Waals surface area contributed by atoms with E-state index in [0.29, 0.717) is 22.2 Å². The van der Waals surface area contributed by atoms with Crippen LogP contribution in [0.2, 0.25) is 0 Å². The number of benzene rings is 1. The number of aryl methyl sites for hydroxylation is 1. The first kappa shape index (κ1) is 18.5. The van der Waals surface area contributed by atoms with E-state index in [1.165, 1.54) is 11.3 Å². The van der Waals surface area contributed by atoms with Gasteiger partial charge in [0.2, 0.25) is 0 Å². The highest BCUT2D eigenvalue weighted by Crippen LogP contribution is 2.30. The summed E-state index contributed by atoms with van der Waals surface area (Å²) in [5.41, 5.74) is 0.819. The van der Waals surface area contributed by atoms with E-state index in [9.17, 15) is 4.79 Å². The number of amides is 1. The van der Waals surface area contributed by atoms with Crippen LogP contribution < -0.4 is 14.8 Å². The third kappa shape index (κ3) is 3.91. The quantitative estimate of drug-likeness (QED) is 0.639. The van der Waals surface area contributed by atoms with E-state index in [1.807, 2.05) is 36.0 Å². The van der Waals surface area contributed by atoms with Crippen LogP contribution in [0, 0.1) is 0 Å². The maximum absolute atomic E-state index is 12.7. The predicted molar refractivity (Wildman–Crippen MR) is 104 cm³/mol. The van der Waals surface area contributed by atoms with E-state index >= 15 is 0 Å². The van der Waals surface area contributed by atoms with Crippen molar-refractivity contribution in [3.05, 3.63) is 62.8 Å². The number of carbonyl (C=O) groups is 1. The van der Waals surface area contributed by atoms with Crippen LogP contribution in [0.4, 0.5) is 0 Å². The highest BCUT2D eigenvalue weighted by atomic mass is 79.9. The molecule has 0 spiro atoms. The van der Waals surface area contributed by atoms with Crippen LogP contribution in [0.25, 0.3) is 0 Å². The number of nitrogens with zero attached hydrogens (tertiary/aromatic N) is 2. The second-order valence-corrected chi connectivity index (χ2v) is 8.02. The first-order chi connectivity index (χ1) is 12.5. The Bertz CT molecular complexity index is 900. The Morgan fingerprint density at radius 1 is 1.23 bits per heavy atom. The van der Waals surface area contributed by atoms with Gasteiger partial charge in [-0.05, 0) is 45.8 Å². The monoisotopic (exact) mass is 435 g/mol. The molecule has 1 atom stereocenters. The summed E-state index contributed by atoms with van der Waals surface area (Å²) in [6.07, 6.45) is 3.54. The molecule has 1 N–H and O–H groups in total. The fourth-order valence-corrected chi connectivity index (χ4v) is 3.88. The summed E-state index contributed by atoms with van der Waals surface area (Å²) in [6.45, 7) is 0. The number of halogens is 1. The maximum Gasteiger partial charge on any atom is 0.262 e. The van der Waals surface area contributed by atoms with Gasteiger partial charge >= 0.3 is 0 Å². The average Bonchev–Trinajstić information content (AvgIpc) is 3.27. The minimum atomic E-state index is -0.452. The van der Waals surface area contributed by atoms with Crippen molar-refractivity contribution in [3.63, 3.8) is 0 Å². The number of thiophene rings is 1. The zero-order valence-electron chi connectivity index (χ0n) is 14.5. The molecule has 3 rings (SSSR count). The lowest BCUT2D eigenvalue weighted by Gasteiger charge is -2.20. The molecule has 2 heterocycles. The Balaban J connectivity index is 2.02. The van der Waals surface area contributed by atoms with Crippen molar-refractivity contribution in [1.82, 2.24) is 14.9 Å². The molecular formula is C18H18BrN3O3S. The van der Waals surface area contributed by atoms with Gasteiger partial charge in [0.25, 0.3) is 5.91 Å². The fraction of sp³-hybridized carbons (Fsp3) is 0.222. The molecule has 0 aliphatic carbocycles. The molecule has 6 nitrogen and oxygen atoms in total. The molecule has 136 valence electrons. The van der Waals surface area contributed by atoms with Crippen molar-refractivity contribution in [3.8, 4) is 11.5 Å². The lowest BCUT2D eigenvalue weighted by Crippen LogP contribution is -2.30. The van der Waals surface area contributed by atoms with Gasteiger partial charge in [-0.15, -0.1) is 11.3 Å². The van der Waals surface area contributed by atoms with Crippen molar-refractivity contribution in [2.75, 3.05) is 14.2 Å². The molecule has 0 saturated carbocycles. The Labute approximate surface area is 163 Å². The van der Waals surface area contributed by atoms with Crippen molar-refractivity contribution >= 4 is 33.2 Å². The third-order valence-corrected chi connectivity index (χ3v) is 5.52. The SMILES string of the molecule is COc1cc(OC)cc(C(NC(=O)c2ccc(Br)s2)c2nccn2C)c1. The number of ether oxygens (including phenoxy) is 2. The lowest BCUT2D eigenvalue weighted by atomic mass is 10.0. The summed E-state index contributed by atoms with van der Waals surface area (Å²) in [7, 11) is 5.08. The van der Waals surface area contributed by atoms with Gasteiger partial charge in [0.1, 0.15) is 23.4 Å². The normalized spacial score (nSPS) is 11.8. The summed E-state index contributed by atoms with van der Waals surface area (Å²) >= 11 is 4.77. The molecule has 0 aliphatic rings. The number of carbonyl (C=O) groups excluding carboxylic acids is 1. The molecule has 0 saturated heterocycles. The summed E-state index contributed by atoms with van der Waals surface area (Å²) in [5.74, 6) is 1.83. The first-order valence-corrected chi connectivity index (χ1v) is 9.39. The van der Waals surface area contributed by atoms with Crippen molar-refractivity contribution < 1.29 is 14.3 Å². The van der Waals surface area contributed by atoms with Crippen LogP contribution in [0.1, 0.15) is 27.1 Å². The van der Waals surface area contributed by atoms with Gasteiger partial charge in [-0.1, -0.05) is 0 Å². The molecule has 1 unspecified atom stereocenters.